The quantitative estimate of drug-likeness (QED) is 0.459. The molecule has 1 fully saturated rings. The predicted molar refractivity (Wildman–Crippen MR) is 115 cm³/mol. The molecular formula is C20H20N4O3S2. The summed E-state index contributed by atoms with van der Waals surface area (Å²) in [5.74, 6) is 0.789. The van der Waals surface area contributed by atoms with E-state index in [1.807, 2.05) is 47.4 Å². The van der Waals surface area contributed by atoms with Crippen LogP contribution < -0.4 is 10.1 Å². The van der Waals surface area contributed by atoms with Gasteiger partial charge in [-0.3, -0.25) is 14.9 Å². The number of hydrogen-bond donors (Lipinski definition) is 1. The van der Waals surface area contributed by atoms with Crippen LogP contribution in [0.1, 0.15) is 12.8 Å². The number of likely N-dealkylation sites (tertiary alicyclic amines) is 1. The van der Waals surface area contributed by atoms with Gasteiger partial charge in [0, 0.05) is 13.1 Å². The molecule has 0 atom stereocenters. The summed E-state index contributed by atoms with van der Waals surface area (Å²) in [6.07, 6.45) is 2.15. The third kappa shape index (κ3) is 5.24. The largest absolute Gasteiger partial charge is 0.484 e. The predicted octanol–water partition coefficient (Wildman–Crippen LogP) is 3.42. The third-order valence-electron chi connectivity index (χ3n) is 4.52. The Hall–Kier alpha value is -2.65. The van der Waals surface area contributed by atoms with E-state index in [1.165, 1.54) is 23.1 Å². The maximum Gasteiger partial charge on any atom is 0.264 e. The van der Waals surface area contributed by atoms with E-state index in [9.17, 15) is 9.59 Å². The van der Waals surface area contributed by atoms with Crippen LogP contribution in [0.3, 0.4) is 0 Å². The second kappa shape index (κ2) is 9.23. The van der Waals surface area contributed by atoms with Gasteiger partial charge >= 0.3 is 0 Å². The first-order valence-corrected chi connectivity index (χ1v) is 11.1. The summed E-state index contributed by atoms with van der Waals surface area (Å²) in [6, 6.07) is 13.7. The van der Waals surface area contributed by atoms with Crippen molar-refractivity contribution in [2.24, 2.45) is 0 Å². The Balaban J connectivity index is 1.24. The van der Waals surface area contributed by atoms with Gasteiger partial charge < -0.3 is 9.64 Å². The van der Waals surface area contributed by atoms with Gasteiger partial charge in [0.05, 0.1) is 5.75 Å². The Bertz CT molecular complexity index is 1020. The highest BCUT2D eigenvalue weighted by Crippen LogP contribution is 2.26. The zero-order valence-corrected chi connectivity index (χ0v) is 17.3. The Morgan fingerprint density at radius 1 is 1.10 bits per heavy atom. The molecule has 2 amide bonds. The maximum atomic E-state index is 12.1. The molecule has 0 bridgehead atoms. The van der Waals surface area contributed by atoms with E-state index >= 15 is 0 Å². The number of amides is 2. The molecule has 150 valence electrons. The zero-order chi connectivity index (χ0) is 20.1. The third-order valence-corrected chi connectivity index (χ3v) is 6.48. The molecular weight excluding hydrogens is 408 g/mol. The van der Waals surface area contributed by atoms with E-state index in [4.69, 9.17) is 4.74 Å². The number of anilines is 1. The summed E-state index contributed by atoms with van der Waals surface area (Å²) in [7, 11) is 0. The number of benzene rings is 2. The van der Waals surface area contributed by atoms with Gasteiger partial charge in [-0.15, -0.1) is 10.2 Å². The van der Waals surface area contributed by atoms with Crippen LogP contribution in [0.4, 0.5) is 5.13 Å². The number of carbonyl (C=O) groups excluding carboxylic acids is 2. The fourth-order valence-corrected chi connectivity index (χ4v) is 4.73. The molecule has 1 aliphatic rings. The summed E-state index contributed by atoms with van der Waals surface area (Å²) < 4.78 is 6.24. The van der Waals surface area contributed by atoms with Crippen LogP contribution >= 0.6 is 23.1 Å². The van der Waals surface area contributed by atoms with Crippen molar-refractivity contribution in [3.8, 4) is 5.75 Å². The molecule has 0 unspecified atom stereocenters. The summed E-state index contributed by atoms with van der Waals surface area (Å²) >= 11 is 2.60. The van der Waals surface area contributed by atoms with Crippen LogP contribution in [0.25, 0.3) is 10.8 Å². The van der Waals surface area contributed by atoms with Crippen molar-refractivity contribution < 1.29 is 14.3 Å². The number of nitrogens with zero attached hydrogens (tertiary/aromatic N) is 3. The summed E-state index contributed by atoms with van der Waals surface area (Å²) in [6.45, 7) is 1.57. The topological polar surface area (TPSA) is 84.4 Å². The normalized spacial score (nSPS) is 13.6. The summed E-state index contributed by atoms with van der Waals surface area (Å²) in [5.41, 5.74) is 0. The highest BCUT2D eigenvalue weighted by Gasteiger charge is 2.18. The maximum absolute atomic E-state index is 12.1. The van der Waals surface area contributed by atoms with Gasteiger partial charge in [0.25, 0.3) is 5.91 Å². The first-order chi connectivity index (χ1) is 14.2. The van der Waals surface area contributed by atoms with E-state index in [0.717, 1.165) is 36.7 Å². The van der Waals surface area contributed by atoms with Crippen LogP contribution in [-0.2, 0) is 9.59 Å². The number of fused-ring (bicyclic) bond motifs is 1. The Morgan fingerprint density at radius 2 is 1.90 bits per heavy atom. The molecule has 2 aromatic carbocycles. The van der Waals surface area contributed by atoms with Crippen molar-refractivity contribution in [3.05, 3.63) is 42.5 Å². The van der Waals surface area contributed by atoms with Crippen LogP contribution in [0.15, 0.2) is 46.8 Å². The van der Waals surface area contributed by atoms with Crippen LogP contribution in [0.2, 0.25) is 0 Å². The Labute approximate surface area is 176 Å². The monoisotopic (exact) mass is 428 g/mol. The van der Waals surface area contributed by atoms with Crippen molar-refractivity contribution in [1.82, 2.24) is 15.1 Å². The lowest BCUT2D eigenvalue weighted by Crippen LogP contribution is -2.29. The van der Waals surface area contributed by atoms with Gasteiger partial charge in [0.1, 0.15) is 5.75 Å². The van der Waals surface area contributed by atoms with Crippen LogP contribution in [0.5, 0.6) is 5.75 Å². The molecule has 7 nitrogen and oxygen atoms in total. The molecule has 1 aromatic heterocycles. The van der Waals surface area contributed by atoms with Gasteiger partial charge in [0.2, 0.25) is 11.0 Å². The first kappa shape index (κ1) is 19.7. The van der Waals surface area contributed by atoms with E-state index in [-0.39, 0.29) is 18.4 Å². The molecule has 0 saturated carbocycles. The minimum atomic E-state index is -0.306. The molecule has 3 aromatic rings. The molecule has 4 rings (SSSR count). The first-order valence-electron chi connectivity index (χ1n) is 9.33. The number of hydrogen-bond acceptors (Lipinski definition) is 7. The number of carbonyl (C=O) groups is 2. The number of ether oxygens (including phenoxy) is 1. The summed E-state index contributed by atoms with van der Waals surface area (Å²) in [4.78, 5) is 26.1. The fourth-order valence-electron chi connectivity index (χ4n) is 3.06. The molecule has 1 N–H and O–H groups in total. The second-order valence-corrected chi connectivity index (χ2v) is 8.80. The van der Waals surface area contributed by atoms with Crippen LogP contribution in [-0.4, -0.2) is 52.4 Å². The zero-order valence-electron chi connectivity index (χ0n) is 15.7. The molecule has 0 aliphatic carbocycles. The number of rotatable bonds is 7. The minimum Gasteiger partial charge on any atom is -0.484 e. The molecule has 2 heterocycles. The highest BCUT2D eigenvalue weighted by molar-refractivity contribution is 8.01. The summed E-state index contributed by atoms with van der Waals surface area (Å²) in [5, 5.41) is 13.2. The lowest BCUT2D eigenvalue weighted by Gasteiger charge is -2.13. The molecule has 1 saturated heterocycles. The van der Waals surface area contributed by atoms with Gasteiger partial charge in [-0.2, -0.15) is 0 Å². The molecule has 29 heavy (non-hydrogen) atoms. The molecule has 0 spiro atoms. The molecule has 1 aliphatic heterocycles. The Morgan fingerprint density at radius 3 is 2.72 bits per heavy atom. The minimum absolute atomic E-state index is 0.117. The average molecular weight is 429 g/mol. The standard InChI is InChI=1S/C20H20N4O3S2/c25-17(12-27-16-8-7-14-5-1-2-6-15(14)11-16)21-19-22-23-20(29-19)28-13-18(26)24-9-3-4-10-24/h1-2,5-8,11H,3-4,9-10,12-13H2,(H,21,22,25). The van der Waals surface area contributed by atoms with E-state index < -0.39 is 0 Å². The van der Waals surface area contributed by atoms with E-state index in [0.29, 0.717) is 21.0 Å². The smallest absolute Gasteiger partial charge is 0.264 e. The highest BCUT2D eigenvalue weighted by atomic mass is 32.2. The second-order valence-electron chi connectivity index (χ2n) is 6.60. The number of thioether (sulfide) groups is 1. The van der Waals surface area contributed by atoms with Crippen molar-refractivity contribution >= 4 is 50.8 Å². The molecule has 9 heteroatoms. The average Bonchev–Trinajstić information content (AvgIpc) is 3.43. The number of aromatic nitrogens is 2. The van der Waals surface area contributed by atoms with Crippen molar-refractivity contribution in [1.29, 1.82) is 0 Å². The van der Waals surface area contributed by atoms with Gasteiger partial charge in [0.15, 0.2) is 10.9 Å². The van der Waals surface area contributed by atoms with Gasteiger partial charge in [-0.25, -0.2) is 0 Å². The van der Waals surface area contributed by atoms with Crippen molar-refractivity contribution in [2.45, 2.75) is 17.2 Å². The van der Waals surface area contributed by atoms with E-state index in [2.05, 4.69) is 15.5 Å². The van der Waals surface area contributed by atoms with E-state index in [1.54, 1.807) is 0 Å². The Kier molecular flexibility index (Phi) is 6.26. The van der Waals surface area contributed by atoms with Crippen LogP contribution in [0, 0.1) is 0 Å². The van der Waals surface area contributed by atoms with Gasteiger partial charge in [-0.05, 0) is 35.7 Å². The number of nitrogens with one attached hydrogen (secondary N) is 1. The SMILES string of the molecule is O=C(COc1ccc2ccccc2c1)Nc1nnc(SCC(=O)N2CCCC2)s1. The fraction of sp³-hybridized carbons (Fsp3) is 0.300. The lowest BCUT2D eigenvalue weighted by atomic mass is 10.1. The van der Waals surface area contributed by atoms with Crippen molar-refractivity contribution in [3.63, 3.8) is 0 Å². The molecule has 0 radical (unpaired) electrons. The van der Waals surface area contributed by atoms with Crippen molar-refractivity contribution in [2.75, 3.05) is 30.8 Å². The lowest BCUT2D eigenvalue weighted by molar-refractivity contribution is -0.127. The van der Waals surface area contributed by atoms with Gasteiger partial charge in [-0.1, -0.05) is 53.4 Å².